The van der Waals surface area contributed by atoms with E-state index in [0.29, 0.717) is 10.8 Å². The Morgan fingerprint density at radius 3 is 2.79 bits per heavy atom. The van der Waals surface area contributed by atoms with Crippen molar-refractivity contribution in [3.05, 3.63) is 53.1 Å². The molecule has 1 aliphatic heterocycles. The van der Waals surface area contributed by atoms with Crippen LogP contribution in [0.2, 0.25) is 5.02 Å². The number of para-hydroxylation sites is 1. The maximum absolute atomic E-state index is 12.9. The van der Waals surface area contributed by atoms with E-state index in [0.717, 1.165) is 17.8 Å². The average Bonchev–Trinajstić information content (AvgIpc) is 2.90. The molecule has 4 nitrogen and oxygen atoms in total. The molecule has 5 heteroatoms. The summed E-state index contributed by atoms with van der Waals surface area (Å²) in [5.74, 6) is 0.669. The van der Waals surface area contributed by atoms with Gasteiger partial charge in [0, 0.05) is 17.4 Å². The molecule has 1 heterocycles. The van der Waals surface area contributed by atoms with Crippen LogP contribution in [-0.2, 0) is 11.2 Å². The van der Waals surface area contributed by atoms with E-state index in [9.17, 15) is 4.79 Å². The molecule has 2 aromatic rings. The predicted molar refractivity (Wildman–Crippen MR) is 98.2 cm³/mol. The molecule has 3 rings (SSSR count). The molecule has 0 bridgehead atoms. The largest absolute Gasteiger partial charge is 0.495 e. The van der Waals surface area contributed by atoms with E-state index in [2.05, 4.69) is 18.3 Å². The number of hydrogen-bond acceptors (Lipinski definition) is 3. The highest BCUT2D eigenvalue weighted by Crippen LogP contribution is 2.33. The average molecular weight is 345 g/mol. The number of nitrogens with zero attached hydrogens (tertiary/aromatic N) is 1. The van der Waals surface area contributed by atoms with E-state index in [1.165, 1.54) is 5.56 Å². The van der Waals surface area contributed by atoms with E-state index in [4.69, 9.17) is 16.3 Å². The van der Waals surface area contributed by atoms with Gasteiger partial charge in [0.25, 0.3) is 0 Å². The van der Waals surface area contributed by atoms with E-state index in [1.807, 2.05) is 36.1 Å². The van der Waals surface area contributed by atoms with Gasteiger partial charge in [-0.05, 0) is 50.1 Å². The zero-order valence-electron chi connectivity index (χ0n) is 14.0. The first-order valence-electron chi connectivity index (χ1n) is 8.02. The Kier molecular flexibility index (Phi) is 4.67. The van der Waals surface area contributed by atoms with Crippen LogP contribution in [0, 0.1) is 0 Å². The van der Waals surface area contributed by atoms with Gasteiger partial charge >= 0.3 is 0 Å². The summed E-state index contributed by atoms with van der Waals surface area (Å²) < 4.78 is 5.15. The number of nitrogens with one attached hydrogen (secondary N) is 1. The van der Waals surface area contributed by atoms with Crippen molar-refractivity contribution in [1.29, 1.82) is 0 Å². The molecule has 126 valence electrons. The van der Waals surface area contributed by atoms with E-state index in [-0.39, 0.29) is 18.0 Å². The normalized spacial score (nSPS) is 17.3. The van der Waals surface area contributed by atoms with Gasteiger partial charge in [0.15, 0.2) is 0 Å². The monoisotopic (exact) mass is 344 g/mol. The van der Waals surface area contributed by atoms with Gasteiger partial charge in [-0.2, -0.15) is 0 Å². The summed E-state index contributed by atoms with van der Waals surface area (Å²) in [5.41, 5.74) is 3.02. The van der Waals surface area contributed by atoms with Crippen LogP contribution in [-0.4, -0.2) is 25.1 Å². The number of hydrogen-bond donors (Lipinski definition) is 1. The fraction of sp³-hybridized carbons (Fsp3) is 0.316. The molecule has 2 aromatic carbocycles. The second-order valence-corrected chi connectivity index (χ2v) is 6.51. The summed E-state index contributed by atoms with van der Waals surface area (Å²) in [7, 11) is 1.58. The maximum Gasteiger partial charge on any atom is 0.249 e. The number of benzene rings is 2. The highest BCUT2D eigenvalue weighted by molar-refractivity contribution is 6.32. The van der Waals surface area contributed by atoms with Gasteiger partial charge in [-0.15, -0.1) is 0 Å². The number of ether oxygens (including phenoxy) is 1. The summed E-state index contributed by atoms with van der Waals surface area (Å²) in [5, 5.41) is 3.75. The minimum absolute atomic E-state index is 0.0550. The SMILES string of the molecule is COc1ccc(N[C@@H](C)C(=O)N2c3ccccc3C[C@H]2C)cc1Cl. The number of carbonyl (C=O) groups is 1. The first-order valence-corrected chi connectivity index (χ1v) is 8.40. The molecule has 0 aliphatic carbocycles. The summed E-state index contributed by atoms with van der Waals surface area (Å²) in [6.07, 6.45) is 0.892. The number of anilines is 2. The van der Waals surface area contributed by atoms with Gasteiger partial charge in [0.1, 0.15) is 11.8 Å². The fourth-order valence-corrected chi connectivity index (χ4v) is 3.44. The van der Waals surface area contributed by atoms with Crippen molar-refractivity contribution < 1.29 is 9.53 Å². The van der Waals surface area contributed by atoms with Crippen molar-refractivity contribution in [2.75, 3.05) is 17.3 Å². The summed E-state index contributed by atoms with van der Waals surface area (Å²) >= 11 is 6.15. The van der Waals surface area contributed by atoms with Crippen LogP contribution in [0.4, 0.5) is 11.4 Å². The van der Waals surface area contributed by atoms with Crippen molar-refractivity contribution in [3.8, 4) is 5.75 Å². The van der Waals surface area contributed by atoms with Crippen LogP contribution >= 0.6 is 11.6 Å². The van der Waals surface area contributed by atoms with Gasteiger partial charge in [0.2, 0.25) is 5.91 Å². The summed E-state index contributed by atoms with van der Waals surface area (Å²) in [6.45, 7) is 3.95. The molecule has 0 aromatic heterocycles. The molecule has 1 amide bonds. The zero-order valence-corrected chi connectivity index (χ0v) is 14.8. The molecule has 0 saturated carbocycles. The predicted octanol–water partition coefficient (Wildman–Crippen LogP) is 4.13. The second kappa shape index (κ2) is 6.73. The van der Waals surface area contributed by atoms with Gasteiger partial charge in [-0.3, -0.25) is 4.79 Å². The van der Waals surface area contributed by atoms with Crippen molar-refractivity contribution in [3.63, 3.8) is 0 Å². The van der Waals surface area contributed by atoms with Gasteiger partial charge in [-0.1, -0.05) is 29.8 Å². The number of amides is 1. The van der Waals surface area contributed by atoms with Crippen LogP contribution in [0.3, 0.4) is 0 Å². The van der Waals surface area contributed by atoms with Crippen LogP contribution in [0.1, 0.15) is 19.4 Å². The lowest BCUT2D eigenvalue weighted by Gasteiger charge is -2.27. The Balaban J connectivity index is 1.77. The Morgan fingerprint density at radius 2 is 2.08 bits per heavy atom. The van der Waals surface area contributed by atoms with Crippen molar-refractivity contribution >= 4 is 28.9 Å². The molecular formula is C19H21ClN2O2. The van der Waals surface area contributed by atoms with Gasteiger partial charge in [0.05, 0.1) is 12.1 Å². The minimum atomic E-state index is -0.358. The Morgan fingerprint density at radius 1 is 1.33 bits per heavy atom. The molecular weight excluding hydrogens is 324 g/mol. The molecule has 1 aliphatic rings. The van der Waals surface area contributed by atoms with Crippen molar-refractivity contribution in [2.24, 2.45) is 0 Å². The van der Waals surface area contributed by atoms with Crippen LogP contribution < -0.4 is 15.0 Å². The summed E-state index contributed by atoms with van der Waals surface area (Å²) in [6, 6.07) is 13.3. The second-order valence-electron chi connectivity index (χ2n) is 6.11. The Bertz CT molecular complexity index is 763. The maximum atomic E-state index is 12.9. The molecule has 24 heavy (non-hydrogen) atoms. The lowest BCUT2D eigenvalue weighted by Crippen LogP contribution is -2.44. The fourth-order valence-electron chi connectivity index (χ4n) is 3.18. The third kappa shape index (κ3) is 3.06. The molecule has 0 spiro atoms. The molecule has 1 N–H and O–H groups in total. The minimum Gasteiger partial charge on any atom is -0.495 e. The smallest absolute Gasteiger partial charge is 0.249 e. The number of rotatable bonds is 4. The van der Waals surface area contributed by atoms with Crippen LogP contribution in [0.5, 0.6) is 5.75 Å². The number of fused-ring (bicyclic) bond motifs is 1. The van der Waals surface area contributed by atoms with Crippen molar-refractivity contribution in [2.45, 2.75) is 32.4 Å². The molecule has 0 radical (unpaired) electrons. The number of carbonyl (C=O) groups excluding carboxylic acids is 1. The first kappa shape index (κ1) is 16.7. The zero-order chi connectivity index (χ0) is 17.3. The lowest BCUT2D eigenvalue weighted by atomic mass is 10.1. The first-order chi connectivity index (χ1) is 11.5. The topological polar surface area (TPSA) is 41.6 Å². The highest BCUT2D eigenvalue weighted by atomic mass is 35.5. The molecule has 0 unspecified atom stereocenters. The van der Waals surface area contributed by atoms with E-state index < -0.39 is 0 Å². The Labute approximate surface area is 147 Å². The highest BCUT2D eigenvalue weighted by Gasteiger charge is 2.32. The van der Waals surface area contributed by atoms with Gasteiger partial charge in [-0.25, -0.2) is 0 Å². The molecule has 0 saturated heterocycles. The number of halogens is 1. The molecule has 0 fully saturated rings. The third-order valence-corrected chi connectivity index (χ3v) is 4.65. The van der Waals surface area contributed by atoms with Crippen molar-refractivity contribution in [1.82, 2.24) is 0 Å². The quantitative estimate of drug-likeness (QED) is 0.906. The van der Waals surface area contributed by atoms with Crippen LogP contribution in [0.25, 0.3) is 0 Å². The standard InChI is InChI=1S/C19H21ClN2O2/c1-12-10-14-6-4-5-7-17(14)22(12)19(23)13(2)21-15-8-9-18(24-3)16(20)11-15/h4-9,11-13,21H,10H2,1-3H3/t12-,13+/m1/s1. The van der Waals surface area contributed by atoms with E-state index >= 15 is 0 Å². The van der Waals surface area contributed by atoms with Gasteiger partial charge < -0.3 is 15.0 Å². The van der Waals surface area contributed by atoms with Crippen LogP contribution in [0.15, 0.2) is 42.5 Å². The van der Waals surface area contributed by atoms with E-state index in [1.54, 1.807) is 19.2 Å². The number of methoxy groups -OCH3 is 1. The lowest BCUT2D eigenvalue weighted by molar-refractivity contribution is -0.119. The Hall–Kier alpha value is -2.20. The third-order valence-electron chi connectivity index (χ3n) is 4.35. The summed E-state index contributed by atoms with van der Waals surface area (Å²) in [4.78, 5) is 14.8. The molecule has 2 atom stereocenters.